The molecule has 240 valence electrons. The van der Waals surface area contributed by atoms with E-state index in [1.807, 2.05) is 72.8 Å². The molecule has 4 aromatic carbocycles. The molecule has 1 fully saturated rings. The van der Waals surface area contributed by atoms with E-state index in [1.165, 1.54) is 12.5 Å². The van der Waals surface area contributed by atoms with Crippen LogP contribution in [0, 0.1) is 0 Å². The summed E-state index contributed by atoms with van der Waals surface area (Å²) in [5, 5.41) is 12.4. The number of aliphatic hydroxyl groups is 1. The molecule has 0 spiro atoms. The zero-order chi connectivity index (χ0) is 32.5. The van der Waals surface area contributed by atoms with Crippen molar-refractivity contribution in [3.05, 3.63) is 131 Å². The first kappa shape index (κ1) is 33.0. The lowest BCUT2D eigenvalue weighted by atomic mass is 9.98. The SMILES string of the molecule is CC(=O)O[C@@H](C)C(=O)NCc1cccc(-c2cccc([C@@H]3O[C@H](CN(C)Cc4ccccc4)C[C@H](c4ccc(CO)cc4)O3)c2)c1. The van der Waals surface area contributed by atoms with Crippen LogP contribution in [0.3, 0.4) is 0 Å². The fraction of sp³-hybridized carbons (Fsp3) is 0.316. The Labute approximate surface area is 270 Å². The molecule has 0 aromatic heterocycles. The number of nitrogens with zero attached hydrogens (tertiary/aromatic N) is 1. The van der Waals surface area contributed by atoms with Gasteiger partial charge in [0, 0.05) is 38.5 Å². The first-order valence-electron chi connectivity index (χ1n) is 15.6. The highest BCUT2D eigenvalue weighted by Crippen LogP contribution is 2.39. The molecule has 0 bridgehead atoms. The highest BCUT2D eigenvalue weighted by Gasteiger charge is 2.33. The Bertz CT molecular complexity index is 1590. The van der Waals surface area contributed by atoms with Gasteiger partial charge in [-0.3, -0.25) is 14.5 Å². The number of ether oxygens (including phenoxy) is 3. The second-order valence-electron chi connectivity index (χ2n) is 11.8. The monoisotopic (exact) mass is 622 g/mol. The Morgan fingerprint density at radius 3 is 2.28 bits per heavy atom. The summed E-state index contributed by atoms with van der Waals surface area (Å²) in [4.78, 5) is 25.8. The lowest BCUT2D eigenvalue weighted by molar-refractivity contribution is -0.252. The number of benzene rings is 4. The highest BCUT2D eigenvalue weighted by atomic mass is 16.7. The molecule has 4 aromatic rings. The zero-order valence-corrected chi connectivity index (χ0v) is 26.6. The van der Waals surface area contributed by atoms with Crippen LogP contribution in [-0.4, -0.2) is 47.7 Å². The maximum atomic E-state index is 12.3. The van der Waals surface area contributed by atoms with Gasteiger partial charge < -0.3 is 24.6 Å². The van der Waals surface area contributed by atoms with Crippen LogP contribution in [0.2, 0.25) is 0 Å². The van der Waals surface area contributed by atoms with E-state index in [2.05, 4.69) is 47.6 Å². The Kier molecular flexibility index (Phi) is 11.3. The quantitative estimate of drug-likeness (QED) is 0.185. The number of carbonyl (C=O) groups is 2. The predicted molar refractivity (Wildman–Crippen MR) is 176 cm³/mol. The number of carbonyl (C=O) groups excluding carboxylic acids is 2. The van der Waals surface area contributed by atoms with E-state index in [0.717, 1.165) is 46.5 Å². The van der Waals surface area contributed by atoms with E-state index >= 15 is 0 Å². The van der Waals surface area contributed by atoms with E-state index in [0.29, 0.717) is 13.0 Å². The number of nitrogens with one attached hydrogen (secondary N) is 1. The maximum Gasteiger partial charge on any atom is 0.303 e. The van der Waals surface area contributed by atoms with Gasteiger partial charge in [-0.05, 0) is 59.5 Å². The number of aliphatic hydroxyl groups excluding tert-OH is 1. The summed E-state index contributed by atoms with van der Waals surface area (Å²) in [5.41, 5.74) is 6.99. The molecule has 0 radical (unpaired) electrons. The molecule has 5 rings (SSSR count). The number of hydrogen-bond acceptors (Lipinski definition) is 7. The molecule has 0 unspecified atom stereocenters. The normalized spacial score (nSPS) is 18.6. The van der Waals surface area contributed by atoms with Crippen molar-refractivity contribution in [2.24, 2.45) is 0 Å². The first-order valence-corrected chi connectivity index (χ1v) is 15.6. The van der Waals surface area contributed by atoms with Crippen molar-refractivity contribution in [3.63, 3.8) is 0 Å². The largest absolute Gasteiger partial charge is 0.453 e. The fourth-order valence-electron chi connectivity index (χ4n) is 5.70. The number of esters is 1. The van der Waals surface area contributed by atoms with Gasteiger partial charge in [0.2, 0.25) is 0 Å². The van der Waals surface area contributed by atoms with Crippen molar-refractivity contribution in [1.29, 1.82) is 0 Å². The second-order valence-corrected chi connectivity index (χ2v) is 11.8. The summed E-state index contributed by atoms with van der Waals surface area (Å²) in [7, 11) is 2.11. The molecule has 1 aliphatic rings. The topological polar surface area (TPSA) is 97.3 Å². The highest BCUT2D eigenvalue weighted by molar-refractivity contribution is 5.82. The van der Waals surface area contributed by atoms with E-state index in [-0.39, 0.29) is 24.7 Å². The van der Waals surface area contributed by atoms with Crippen molar-refractivity contribution in [3.8, 4) is 11.1 Å². The molecule has 8 nitrogen and oxygen atoms in total. The molecule has 1 aliphatic heterocycles. The maximum absolute atomic E-state index is 12.3. The van der Waals surface area contributed by atoms with Crippen LogP contribution < -0.4 is 5.32 Å². The molecule has 1 saturated heterocycles. The summed E-state index contributed by atoms with van der Waals surface area (Å²) >= 11 is 0. The van der Waals surface area contributed by atoms with Crippen LogP contribution in [0.4, 0.5) is 0 Å². The molecular weight excluding hydrogens is 580 g/mol. The molecule has 4 atom stereocenters. The van der Waals surface area contributed by atoms with E-state index in [1.54, 1.807) is 6.92 Å². The van der Waals surface area contributed by atoms with Gasteiger partial charge in [0.05, 0.1) is 18.8 Å². The van der Waals surface area contributed by atoms with Gasteiger partial charge >= 0.3 is 5.97 Å². The molecule has 1 heterocycles. The van der Waals surface area contributed by atoms with Crippen LogP contribution in [0.15, 0.2) is 103 Å². The van der Waals surface area contributed by atoms with Crippen molar-refractivity contribution in [2.45, 2.75) is 64.6 Å². The minimum absolute atomic E-state index is 0.00177. The van der Waals surface area contributed by atoms with Gasteiger partial charge in [-0.15, -0.1) is 0 Å². The van der Waals surface area contributed by atoms with Crippen LogP contribution >= 0.6 is 0 Å². The van der Waals surface area contributed by atoms with E-state index < -0.39 is 18.4 Å². The van der Waals surface area contributed by atoms with Gasteiger partial charge in [-0.25, -0.2) is 0 Å². The van der Waals surface area contributed by atoms with Gasteiger partial charge in [0.1, 0.15) is 0 Å². The van der Waals surface area contributed by atoms with E-state index in [4.69, 9.17) is 14.2 Å². The summed E-state index contributed by atoms with van der Waals surface area (Å²) in [5.74, 6) is -0.842. The Hall–Kier alpha value is -4.34. The van der Waals surface area contributed by atoms with Crippen LogP contribution in [-0.2, 0) is 43.5 Å². The number of likely N-dealkylation sites (N-methyl/N-ethyl adjacent to an activating group) is 1. The van der Waals surface area contributed by atoms with Gasteiger partial charge in [0.15, 0.2) is 12.4 Å². The standard InChI is InChI=1S/C38H42N2O6/c1-26(44-27(2)42)37(43)39-22-30-11-7-12-32(19-30)33-13-8-14-34(20-33)38-45-35(24-40(3)23-28-9-5-4-6-10-28)21-36(46-38)31-17-15-29(25-41)16-18-31/h4-20,26,35-36,38,41H,21-25H2,1-3H3,(H,39,43)/t26-,35-,36+,38+/m0/s1. The van der Waals surface area contributed by atoms with Crippen molar-refractivity contribution >= 4 is 11.9 Å². The summed E-state index contributed by atoms with van der Waals surface area (Å²) in [6.45, 7) is 4.69. The number of amides is 1. The molecule has 8 heteroatoms. The average Bonchev–Trinajstić information content (AvgIpc) is 3.07. The van der Waals surface area contributed by atoms with Crippen molar-refractivity contribution < 1.29 is 28.9 Å². The summed E-state index contributed by atoms with van der Waals surface area (Å²) in [6.07, 6.45) is -0.966. The summed E-state index contributed by atoms with van der Waals surface area (Å²) in [6, 6.07) is 34.5. The lowest BCUT2D eigenvalue weighted by Gasteiger charge is -2.38. The Morgan fingerprint density at radius 2 is 1.57 bits per heavy atom. The molecule has 0 saturated carbocycles. The van der Waals surface area contributed by atoms with Crippen molar-refractivity contribution in [1.82, 2.24) is 10.2 Å². The molecule has 1 amide bonds. The molecule has 46 heavy (non-hydrogen) atoms. The van der Waals surface area contributed by atoms with Gasteiger partial charge in [-0.2, -0.15) is 0 Å². The zero-order valence-electron chi connectivity index (χ0n) is 26.6. The van der Waals surface area contributed by atoms with Crippen LogP contribution in [0.1, 0.15) is 60.5 Å². The minimum atomic E-state index is -0.855. The molecule has 2 N–H and O–H groups in total. The van der Waals surface area contributed by atoms with Crippen LogP contribution in [0.5, 0.6) is 0 Å². The number of hydrogen-bond donors (Lipinski definition) is 2. The molecule has 0 aliphatic carbocycles. The minimum Gasteiger partial charge on any atom is -0.453 e. The second kappa shape index (κ2) is 15.8. The van der Waals surface area contributed by atoms with E-state index in [9.17, 15) is 14.7 Å². The Balaban J connectivity index is 1.33. The third-order valence-electron chi connectivity index (χ3n) is 8.02. The third kappa shape index (κ3) is 9.11. The number of rotatable bonds is 12. The Morgan fingerprint density at radius 1 is 0.870 bits per heavy atom. The smallest absolute Gasteiger partial charge is 0.303 e. The van der Waals surface area contributed by atoms with Crippen LogP contribution in [0.25, 0.3) is 11.1 Å². The lowest BCUT2D eigenvalue weighted by Crippen LogP contribution is -2.37. The third-order valence-corrected chi connectivity index (χ3v) is 8.02. The van der Waals surface area contributed by atoms with Gasteiger partial charge in [0.25, 0.3) is 5.91 Å². The predicted octanol–water partition coefficient (Wildman–Crippen LogP) is 6.09. The summed E-state index contributed by atoms with van der Waals surface area (Å²) < 4.78 is 18.2. The fourth-order valence-corrected chi connectivity index (χ4v) is 5.70. The average molecular weight is 623 g/mol. The first-order chi connectivity index (χ1) is 22.3. The van der Waals surface area contributed by atoms with Crippen molar-refractivity contribution in [2.75, 3.05) is 13.6 Å². The molecular formula is C38H42N2O6. The van der Waals surface area contributed by atoms with Gasteiger partial charge in [-0.1, -0.05) is 91.0 Å².